The van der Waals surface area contributed by atoms with Crippen molar-refractivity contribution in [1.82, 2.24) is 10.2 Å². The quantitative estimate of drug-likeness (QED) is 0.598. The first kappa shape index (κ1) is 19.5. The number of ether oxygens (including phenoxy) is 1. The molecule has 0 spiro atoms. The summed E-state index contributed by atoms with van der Waals surface area (Å²) >= 11 is 1.36. The molecule has 0 aliphatic carbocycles. The maximum atomic E-state index is 11.1. The Labute approximate surface area is 153 Å². The number of methoxy groups -OCH3 is 1. The second-order valence-electron chi connectivity index (χ2n) is 6.42. The van der Waals surface area contributed by atoms with Gasteiger partial charge in [0.2, 0.25) is 5.91 Å². The van der Waals surface area contributed by atoms with E-state index in [2.05, 4.69) is 54.2 Å². The molecule has 1 heterocycles. The Hall–Kier alpha value is -1.86. The molecule has 1 saturated heterocycles. The average Bonchev–Trinajstić information content (AvgIpc) is 2.97. The van der Waals surface area contributed by atoms with Crippen molar-refractivity contribution in [3.8, 4) is 5.75 Å². The van der Waals surface area contributed by atoms with Crippen molar-refractivity contribution >= 4 is 29.1 Å². The summed E-state index contributed by atoms with van der Waals surface area (Å²) in [5, 5.41) is 11.3. The third kappa shape index (κ3) is 5.57. The minimum Gasteiger partial charge on any atom is -0.496 e. The van der Waals surface area contributed by atoms with Crippen molar-refractivity contribution in [3.63, 3.8) is 0 Å². The molecule has 1 aliphatic heterocycles. The van der Waals surface area contributed by atoms with Crippen molar-refractivity contribution < 1.29 is 9.53 Å². The van der Waals surface area contributed by atoms with Gasteiger partial charge < -0.3 is 10.1 Å². The normalized spacial score (nSPS) is 16.6. The van der Waals surface area contributed by atoms with Crippen LogP contribution in [-0.2, 0) is 11.3 Å². The summed E-state index contributed by atoms with van der Waals surface area (Å²) in [6.07, 6.45) is 1.69. The fourth-order valence-electron chi connectivity index (χ4n) is 2.69. The minimum atomic E-state index is -0.0341. The summed E-state index contributed by atoms with van der Waals surface area (Å²) in [5.41, 5.74) is 2.06. The van der Waals surface area contributed by atoms with Crippen LogP contribution >= 0.6 is 11.8 Å². The molecule has 1 amide bonds. The highest BCUT2D eigenvalue weighted by molar-refractivity contribution is 8.15. The average molecular weight is 362 g/mol. The van der Waals surface area contributed by atoms with Crippen molar-refractivity contribution in [2.45, 2.75) is 46.3 Å². The van der Waals surface area contributed by atoms with Crippen LogP contribution in [0.3, 0.4) is 0 Å². The molecule has 2 rings (SSSR count). The molecule has 0 saturated carbocycles. The van der Waals surface area contributed by atoms with Crippen molar-refractivity contribution in [2.75, 3.05) is 12.9 Å². The number of benzene rings is 1. The molecule has 0 radical (unpaired) electrons. The molecule has 1 fully saturated rings. The number of amidine groups is 1. The summed E-state index contributed by atoms with van der Waals surface area (Å²) in [7, 11) is 1.69. The lowest BCUT2D eigenvalue weighted by molar-refractivity contribution is -0.116. The van der Waals surface area contributed by atoms with Gasteiger partial charge in [0.05, 0.1) is 19.1 Å². The van der Waals surface area contributed by atoms with Gasteiger partial charge >= 0.3 is 0 Å². The van der Waals surface area contributed by atoms with Gasteiger partial charge in [-0.3, -0.25) is 9.69 Å². The van der Waals surface area contributed by atoms with E-state index in [1.807, 2.05) is 12.1 Å². The van der Waals surface area contributed by atoms with Crippen LogP contribution in [0, 0.1) is 0 Å². The fourth-order valence-corrected chi connectivity index (χ4v) is 3.32. The van der Waals surface area contributed by atoms with Crippen LogP contribution in [-0.4, -0.2) is 47.1 Å². The van der Waals surface area contributed by atoms with E-state index in [0.29, 0.717) is 23.0 Å². The number of rotatable bonds is 7. The molecular formula is C18H26N4O2S. The first-order valence-corrected chi connectivity index (χ1v) is 9.35. The van der Waals surface area contributed by atoms with Gasteiger partial charge in [0.25, 0.3) is 0 Å². The van der Waals surface area contributed by atoms with Gasteiger partial charge in [-0.2, -0.15) is 5.10 Å². The van der Waals surface area contributed by atoms with Crippen LogP contribution in [0.2, 0.25) is 0 Å². The zero-order valence-electron chi connectivity index (χ0n) is 15.4. The third-order valence-corrected chi connectivity index (χ3v) is 4.79. The highest BCUT2D eigenvalue weighted by Crippen LogP contribution is 2.23. The van der Waals surface area contributed by atoms with Crippen molar-refractivity contribution in [2.24, 2.45) is 10.2 Å². The second kappa shape index (κ2) is 9.01. The van der Waals surface area contributed by atoms with Crippen LogP contribution in [0.1, 0.15) is 38.8 Å². The number of amides is 1. The number of hydrogen-bond donors (Lipinski definition) is 1. The lowest BCUT2D eigenvalue weighted by Crippen LogP contribution is -2.36. The molecule has 1 aromatic rings. The van der Waals surface area contributed by atoms with E-state index in [-0.39, 0.29) is 5.91 Å². The van der Waals surface area contributed by atoms with Gasteiger partial charge in [-0.15, -0.1) is 5.10 Å². The largest absolute Gasteiger partial charge is 0.496 e. The Kier molecular flexibility index (Phi) is 7.01. The first-order valence-electron chi connectivity index (χ1n) is 8.37. The van der Waals surface area contributed by atoms with Crippen LogP contribution in [0.4, 0.5) is 0 Å². The fraction of sp³-hybridized carbons (Fsp3) is 0.500. The zero-order valence-corrected chi connectivity index (χ0v) is 16.3. The van der Waals surface area contributed by atoms with E-state index < -0.39 is 0 Å². The molecule has 6 nitrogen and oxygen atoms in total. The molecule has 1 aromatic carbocycles. The Morgan fingerprint density at radius 2 is 2.04 bits per heavy atom. The molecule has 25 heavy (non-hydrogen) atoms. The number of nitrogens with zero attached hydrogens (tertiary/aromatic N) is 3. The highest BCUT2D eigenvalue weighted by Gasteiger charge is 2.17. The summed E-state index contributed by atoms with van der Waals surface area (Å²) in [5.74, 6) is 1.24. The van der Waals surface area contributed by atoms with E-state index in [1.165, 1.54) is 11.8 Å². The summed E-state index contributed by atoms with van der Waals surface area (Å²) in [4.78, 5) is 13.5. The maximum Gasteiger partial charge on any atom is 0.236 e. The smallest absolute Gasteiger partial charge is 0.236 e. The van der Waals surface area contributed by atoms with Gasteiger partial charge in [-0.05, 0) is 51.5 Å². The van der Waals surface area contributed by atoms with Gasteiger partial charge in [0.1, 0.15) is 5.75 Å². The van der Waals surface area contributed by atoms with Gasteiger partial charge in [0, 0.05) is 24.2 Å². The van der Waals surface area contributed by atoms with E-state index in [0.717, 1.165) is 23.4 Å². The first-order chi connectivity index (χ1) is 11.9. The maximum absolute atomic E-state index is 11.1. The molecule has 7 heteroatoms. The molecule has 0 bridgehead atoms. The van der Waals surface area contributed by atoms with Gasteiger partial charge in [-0.1, -0.05) is 11.8 Å². The van der Waals surface area contributed by atoms with Gasteiger partial charge in [-0.25, -0.2) is 0 Å². The zero-order chi connectivity index (χ0) is 18.4. The topological polar surface area (TPSA) is 66.3 Å². The Balaban J connectivity index is 2.17. The number of carbonyl (C=O) groups excluding carboxylic acids is 1. The standard InChI is InChI=1S/C18H26N4O2S/c1-12(2)22(13(3)4)10-15-8-14(6-7-16(15)24-5)9-19-21-18-20-17(23)11-25-18/h6-9,12-13H,10-11H2,1-5H3,(H,20,21,23). The SMILES string of the molecule is COc1ccc(C=NN=C2NC(=O)CS2)cc1CN(C(C)C)C(C)C. The Morgan fingerprint density at radius 1 is 1.32 bits per heavy atom. The molecular weight excluding hydrogens is 336 g/mol. The number of carbonyl (C=O) groups is 1. The molecule has 136 valence electrons. The number of hydrogen-bond acceptors (Lipinski definition) is 6. The van der Waals surface area contributed by atoms with Crippen molar-refractivity contribution in [1.29, 1.82) is 0 Å². The summed E-state index contributed by atoms with van der Waals surface area (Å²) < 4.78 is 5.51. The number of nitrogens with one attached hydrogen (secondary N) is 1. The molecule has 0 aromatic heterocycles. The van der Waals surface area contributed by atoms with E-state index in [4.69, 9.17) is 4.74 Å². The summed E-state index contributed by atoms with van der Waals surface area (Å²) in [6.45, 7) is 9.59. The minimum absolute atomic E-state index is 0.0341. The lowest BCUT2D eigenvalue weighted by Gasteiger charge is -2.31. The highest BCUT2D eigenvalue weighted by atomic mass is 32.2. The molecule has 1 N–H and O–H groups in total. The molecule has 0 atom stereocenters. The van der Waals surface area contributed by atoms with Crippen LogP contribution in [0.25, 0.3) is 0 Å². The van der Waals surface area contributed by atoms with E-state index in [9.17, 15) is 4.79 Å². The lowest BCUT2D eigenvalue weighted by atomic mass is 10.1. The Bertz CT molecular complexity index is 663. The molecule has 1 aliphatic rings. The predicted molar refractivity (Wildman–Crippen MR) is 104 cm³/mol. The van der Waals surface area contributed by atoms with Gasteiger partial charge in [0.15, 0.2) is 5.17 Å². The second-order valence-corrected chi connectivity index (χ2v) is 7.38. The van der Waals surface area contributed by atoms with Crippen LogP contribution < -0.4 is 10.1 Å². The van der Waals surface area contributed by atoms with E-state index >= 15 is 0 Å². The molecule has 0 unspecified atom stereocenters. The van der Waals surface area contributed by atoms with Crippen LogP contribution in [0.15, 0.2) is 28.4 Å². The van der Waals surface area contributed by atoms with Crippen LogP contribution in [0.5, 0.6) is 5.75 Å². The van der Waals surface area contributed by atoms with E-state index in [1.54, 1.807) is 13.3 Å². The summed E-state index contributed by atoms with van der Waals surface area (Å²) in [6, 6.07) is 6.85. The number of thioether (sulfide) groups is 1. The van der Waals surface area contributed by atoms with Crippen molar-refractivity contribution in [3.05, 3.63) is 29.3 Å². The third-order valence-electron chi connectivity index (χ3n) is 3.93. The predicted octanol–water partition coefficient (Wildman–Crippen LogP) is 2.87. The Morgan fingerprint density at radius 3 is 2.60 bits per heavy atom. The monoisotopic (exact) mass is 362 g/mol.